The first-order valence-corrected chi connectivity index (χ1v) is 12.7. The number of halogens is 1. The molecule has 4 rings (SSSR count). The molecule has 0 saturated heterocycles. The van der Waals surface area contributed by atoms with Gasteiger partial charge in [0.05, 0.1) is 30.9 Å². The molecule has 0 fully saturated rings. The molecule has 1 amide bonds. The summed E-state index contributed by atoms with van der Waals surface area (Å²) in [4.78, 5) is 30.8. The van der Waals surface area contributed by atoms with Crippen molar-refractivity contribution in [3.8, 4) is 11.5 Å². The summed E-state index contributed by atoms with van der Waals surface area (Å²) in [6, 6.07) is 20.5. The normalized spacial score (nSPS) is 10.9. The van der Waals surface area contributed by atoms with Gasteiger partial charge in [0, 0.05) is 24.2 Å². The largest absolute Gasteiger partial charge is 0.493 e. The van der Waals surface area contributed by atoms with Crippen molar-refractivity contribution >= 4 is 40.2 Å². The van der Waals surface area contributed by atoms with Crippen LogP contribution < -0.4 is 20.3 Å². The Kier molecular flexibility index (Phi) is 8.51. The minimum Gasteiger partial charge on any atom is -0.493 e. The first kappa shape index (κ1) is 25.6. The molecule has 1 heterocycles. The summed E-state index contributed by atoms with van der Waals surface area (Å²) in [5.74, 6) is 0.912. The van der Waals surface area contributed by atoms with Crippen molar-refractivity contribution in [3.63, 3.8) is 0 Å². The van der Waals surface area contributed by atoms with Gasteiger partial charge < -0.3 is 14.8 Å². The van der Waals surface area contributed by atoms with Gasteiger partial charge in [-0.05, 0) is 35.7 Å². The van der Waals surface area contributed by atoms with E-state index in [1.807, 2.05) is 54.6 Å². The molecule has 3 aromatic carbocycles. The fourth-order valence-electron chi connectivity index (χ4n) is 3.70. The summed E-state index contributed by atoms with van der Waals surface area (Å²) < 4.78 is 12.4. The fraction of sp³-hybridized carbons (Fsp3) is 0.222. The average molecular weight is 524 g/mol. The standard InChI is InChI=1S/C27H26ClN3O4S/c1-34-23-14-21-22(15-24(23)35-2)30-27(36-17-25(32)29-16-19-6-4-3-5-7-19)31(26(21)33)13-12-18-8-10-20(28)11-9-18/h3-11,14-15H,12-13,16-17H2,1-2H3,(H,29,32). The fourth-order valence-corrected chi connectivity index (χ4v) is 4.69. The molecule has 0 aliphatic carbocycles. The first-order valence-electron chi connectivity index (χ1n) is 11.3. The summed E-state index contributed by atoms with van der Waals surface area (Å²) in [5.41, 5.74) is 2.32. The lowest BCUT2D eigenvalue weighted by Gasteiger charge is -2.15. The second kappa shape index (κ2) is 12.0. The third-order valence-corrected chi connectivity index (χ3v) is 6.86. The minimum absolute atomic E-state index is 0.124. The lowest BCUT2D eigenvalue weighted by atomic mass is 10.1. The maximum atomic E-state index is 13.5. The molecule has 0 atom stereocenters. The molecule has 0 spiro atoms. The Balaban J connectivity index is 1.60. The highest BCUT2D eigenvalue weighted by molar-refractivity contribution is 7.99. The topological polar surface area (TPSA) is 82.5 Å². The molecule has 0 aliphatic heterocycles. The Morgan fingerprint density at radius 2 is 1.69 bits per heavy atom. The van der Waals surface area contributed by atoms with Crippen LogP contribution in [-0.2, 0) is 24.3 Å². The molecule has 4 aromatic rings. The van der Waals surface area contributed by atoms with E-state index in [9.17, 15) is 9.59 Å². The number of nitrogens with zero attached hydrogens (tertiary/aromatic N) is 2. The number of benzene rings is 3. The number of fused-ring (bicyclic) bond motifs is 1. The van der Waals surface area contributed by atoms with Gasteiger partial charge in [0.15, 0.2) is 16.7 Å². The molecule has 0 radical (unpaired) electrons. The summed E-state index contributed by atoms with van der Waals surface area (Å²) >= 11 is 7.23. The average Bonchev–Trinajstić information content (AvgIpc) is 2.91. The van der Waals surface area contributed by atoms with Crippen LogP contribution in [0.3, 0.4) is 0 Å². The number of nitrogens with one attached hydrogen (secondary N) is 1. The number of hydrogen-bond acceptors (Lipinski definition) is 6. The van der Waals surface area contributed by atoms with Crippen LogP contribution >= 0.6 is 23.4 Å². The summed E-state index contributed by atoms with van der Waals surface area (Å²) in [7, 11) is 3.05. The molecule has 0 unspecified atom stereocenters. The number of ether oxygens (including phenoxy) is 2. The lowest BCUT2D eigenvalue weighted by Crippen LogP contribution is -2.27. The van der Waals surface area contributed by atoms with Crippen LogP contribution in [-0.4, -0.2) is 35.4 Å². The number of aromatic nitrogens is 2. The zero-order chi connectivity index (χ0) is 25.5. The van der Waals surface area contributed by atoms with E-state index in [0.717, 1.165) is 11.1 Å². The van der Waals surface area contributed by atoms with E-state index in [0.29, 0.717) is 52.1 Å². The van der Waals surface area contributed by atoms with Crippen molar-refractivity contribution in [2.24, 2.45) is 0 Å². The maximum absolute atomic E-state index is 13.5. The SMILES string of the molecule is COc1cc2nc(SCC(=O)NCc3ccccc3)n(CCc3ccc(Cl)cc3)c(=O)c2cc1OC. The Bertz CT molecular complexity index is 1410. The third kappa shape index (κ3) is 6.19. The maximum Gasteiger partial charge on any atom is 0.262 e. The van der Waals surface area contributed by atoms with Gasteiger partial charge in [-0.15, -0.1) is 0 Å². The van der Waals surface area contributed by atoms with Crippen molar-refractivity contribution in [1.29, 1.82) is 0 Å². The Labute approximate surface area is 218 Å². The van der Waals surface area contributed by atoms with Crippen LogP contribution in [0.1, 0.15) is 11.1 Å². The predicted molar refractivity (Wildman–Crippen MR) is 143 cm³/mol. The van der Waals surface area contributed by atoms with Gasteiger partial charge in [0.2, 0.25) is 5.91 Å². The highest BCUT2D eigenvalue weighted by Gasteiger charge is 2.17. The Morgan fingerprint density at radius 3 is 2.39 bits per heavy atom. The van der Waals surface area contributed by atoms with Crippen molar-refractivity contribution < 1.29 is 14.3 Å². The molecular formula is C27H26ClN3O4S. The number of hydrogen-bond donors (Lipinski definition) is 1. The van der Waals surface area contributed by atoms with Gasteiger partial charge in [-0.25, -0.2) is 4.98 Å². The Hall–Kier alpha value is -3.49. The highest BCUT2D eigenvalue weighted by Crippen LogP contribution is 2.31. The summed E-state index contributed by atoms with van der Waals surface area (Å²) in [5, 5.41) is 4.45. The molecule has 36 heavy (non-hydrogen) atoms. The van der Waals surface area contributed by atoms with Crippen LogP contribution in [0.25, 0.3) is 10.9 Å². The number of thioether (sulfide) groups is 1. The number of methoxy groups -OCH3 is 2. The van der Waals surface area contributed by atoms with Crippen LogP contribution in [0.5, 0.6) is 11.5 Å². The van der Waals surface area contributed by atoms with E-state index in [1.165, 1.54) is 26.0 Å². The highest BCUT2D eigenvalue weighted by atomic mass is 35.5. The van der Waals surface area contributed by atoms with Gasteiger partial charge in [-0.1, -0.05) is 65.8 Å². The van der Waals surface area contributed by atoms with Crippen molar-refractivity contribution in [2.45, 2.75) is 24.7 Å². The molecule has 1 N–H and O–H groups in total. The van der Waals surface area contributed by atoms with Crippen molar-refractivity contribution in [2.75, 3.05) is 20.0 Å². The molecule has 0 aliphatic rings. The molecule has 1 aromatic heterocycles. The monoisotopic (exact) mass is 523 g/mol. The molecular weight excluding hydrogens is 498 g/mol. The number of carbonyl (C=O) groups excluding carboxylic acids is 1. The van der Waals surface area contributed by atoms with Crippen LogP contribution in [0.15, 0.2) is 76.7 Å². The third-order valence-electron chi connectivity index (χ3n) is 5.63. The van der Waals surface area contributed by atoms with Gasteiger partial charge in [0.1, 0.15) is 0 Å². The lowest BCUT2D eigenvalue weighted by molar-refractivity contribution is -0.118. The van der Waals surface area contributed by atoms with Crippen molar-refractivity contribution in [3.05, 3.63) is 93.2 Å². The van der Waals surface area contributed by atoms with Gasteiger partial charge >= 0.3 is 0 Å². The van der Waals surface area contributed by atoms with E-state index in [4.69, 9.17) is 26.1 Å². The van der Waals surface area contributed by atoms with Crippen LogP contribution in [0.4, 0.5) is 0 Å². The number of carbonyl (C=O) groups is 1. The second-order valence-corrected chi connectivity index (χ2v) is 9.38. The zero-order valence-corrected chi connectivity index (χ0v) is 21.6. The number of amides is 1. The summed E-state index contributed by atoms with van der Waals surface area (Å²) in [6.07, 6.45) is 0.602. The van der Waals surface area contributed by atoms with Crippen LogP contribution in [0, 0.1) is 0 Å². The number of rotatable bonds is 10. The Morgan fingerprint density at radius 1 is 1.00 bits per heavy atom. The smallest absolute Gasteiger partial charge is 0.262 e. The first-order chi connectivity index (χ1) is 17.5. The predicted octanol–water partition coefficient (Wildman–Crippen LogP) is 4.72. The second-order valence-electron chi connectivity index (χ2n) is 8.00. The molecule has 7 nitrogen and oxygen atoms in total. The van der Waals surface area contributed by atoms with Gasteiger partial charge in [-0.3, -0.25) is 14.2 Å². The van der Waals surface area contributed by atoms with Gasteiger partial charge in [0.25, 0.3) is 5.56 Å². The zero-order valence-electron chi connectivity index (χ0n) is 20.0. The quantitative estimate of drug-likeness (QED) is 0.239. The van der Waals surface area contributed by atoms with E-state index < -0.39 is 0 Å². The van der Waals surface area contributed by atoms with Gasteiger partial charge in [-0.2, -0.15) is 0 Å². The van der Waals surface area contributed by atoms with E-state index >= 15 is 0 Å². The molecule has 186 valence electrons. The molecule has 9 heteroatoms. The number of aryl methyl sites for hydroxylation is 1. The van der Waals surface area contributed by atoms with Crippen LogP contribution in [0.2, 0.25) is 5.02 Å². The van der Waals surface area contributed by atoms with E-state index in [-0.39, 0.29) is 17.2 Å². The summed E-state index contributed by atoms with van der Waals surface area (Å²) in [6.45, 7) is 0.831. The minimum atomic E-state index is -0.206. The van der Waals surface area contributed by atoms with E-state index in [1.54, 1.807) is 16.7 Å². The molecule has 0 bridgehead atoms. The molecule has 0 saturated carbocycles. The van der Waals surface area contributed by atoms with Crippen molar-refractivity contribution in [1.82, 2.24) is 14.9 Å². The van der Waals surface area contributed by atoms with E-state index in [2.05, 4.69) is 5.32 Å².